The number of H-pyrrole nitrogens is 1. The van der Waals surface area contributed by atoms with Crippen LogP contribution in [0.4, 0.5) is 0 Å². The summed E-state index contributed by atoms with van der Waals surface area (Å²) in [6, 6.07) is 14.9. The average molecular weight is 368 g/mol. The largest absolute Gasteiger partial charge is 0.334 e. The highest BCUT2D eigenvalue weighted by molar-refractivity contribution is 6.31. The van der Waals surface area contributed by atoms with Gasteiger partial charge in [-0.05, 0) is 37.0 Å². The van der Waals surface area contributed by atoms with E-state index < -0.39 is 0 Å². The molecule has 0 bridgehead atoms. The Hall–Kier alpha value is -2.66. The highest BCUT2D eigenvalue weighted by Crippen LogP contribution is 2.27. The van der Waals surface area contributed by atoms with E-state index in [2.05, 4.69) is 10.2 Å². The minimum atomic E-state index is -0.286. The fraction of sp³-hybridized carbons (Fsp3) is 0.250. The summed E-state index contributed by atoms with van der Waals surface area (Å²) in [5.41, 5.74) is 1.05. The van der Waals surface area contributed by atoms with Gasteiger partial charge in [-0.3, -0.25) is 9.59 Å². The molecular formula is C20H18ClN3O2. The van der Waals surface area contributed by atoms with Gasteiger partial charge in [0, 0.05) is 23.0 Å². The van der Waals surface area contributed by atoms with Crippen molar-refractivity contribution in [1.82, 2.24) is 15.1 Å². The summed E-state index contributed by atoms with van der Waals surface area (Å²) in [6.45, 7) is 0.684. The molecule has 6 heteroatoms. The quantitative estimate of drug-likeness (QED) is 0.771. The molecule has 2 aromatic carbocycles. The minimum absolute atomic E-state index is 0.0786. The normalized spacial score (nSPS) is 17.0. The van der Waals surface area contributed by atoms with Gasteiger partial charge >= 0.3 is 0 Å². The Morgan fingerprint density at radius 3 is 2.69 bits per heavy atom. The lowest BCUT2D eigenvalue weighted by Crippen LogP contribution is -2.38. The van der Waals surface area contributed by atoms with Gasteiger partial charge in [-0.15, -0.1) is 0 Å². The van der Waals surface area contributed by atoms with Gasteiger partial charge in [0.15, 0.2) is 5.69 Å². The fourth-order valence-electron chi connectivity index (χ4n) is 3.65. The van der Waals surface area contributed by atoms with Gasteiger partial charge in [0.05, 0.1) is 5.39 Å². The smallest absolute Gasteiger partial charge is 0.275 e. The number of carbonyl (C=O) groups excluding carboxylic acids is 1. The highest BCUT2D eigenvalue weighted by atomic mass is 35.5. The number of nitrogens with one attached hydrogen (secondary N) is 1. The third-order valence-electron chi connectivity index (χ3n) is 4.95. The van der Waals surface area contributed by atoms with Crippen LogP contribution in [0.5, 0.6) is 0 Å². The number of rotatable bonds is 3. The zero-order valence-corrected chi connectivity index (χ0v) is 14.9. The predicted octanol–water partition coefficient (Wildman–Crippen LogP) is 3.42. The summed E-state index contributed by atoms with van der Waals surface area (Å²) < 4.78 is 0. The summed E-state index contributed by atoms with van der Waals surface area (Å²) in [5.74, 6) is -0.146. The molecule has 1 aromatic heterocycles. The van der Waals surface area contributed by atoms with Crippen molar-refractivity contribution in [3.05, 3.63) is 75.2 Å². The zero-order valence-electron chi connectivity index (χ0n) is 14.1. The second-order valence-corrected chi connectivity index (χ2v) is 6.94. The molecule has 1 fully saturated rings. The molecule has 1 amide bonds. The van der Waals surface area contributed by atoms with Crippen molar-refractivity contribution in [2.45, 2.75) is 25.3 Å². The Morgan fingerprint density at radius 1 is 1.15 bits per heavy atom. The number of aromatic amines is 1. The SMILES string of the molecule is O=C(c1n[nH]c(=O)c2ccccc12)N1CCCC1Cc1ccccc1Cl. The van der Waals surface area contributed by atoms with Gasteiger partial charge in [0.25, 0.3) is 11.5 Å². The van der Waals surface area contributed by atoms with Gasteiger partial charge in [0.1, 0.15) is 0 Å². The maximum absolute atomic E-state index is 13.2. The van der Waals surface area contributed by atoms with Crippen LogP contribution in [0.1, 0.15) is 28.9 Å². The number of hydrogen-bond donors (Lipinski definition) is 1. The summed E-state index contributed by atoms with van der Waals surface area (Å²) in [6.07, 6.45) is 2.59. The number of carbonyl (C=O) groups is 1. The predicted molar refractivity (Wildman–Crippen MR) is 102 cm³/mol. The van der Waals surface area contributed by atoms with E-state index >= 15 is 0 Å². The van der Waals surface area contributed by atoms with E-state index in [1.165, 1.54) is 0 Å². The highest BCUT2D eigenvalue weighted by Gasteiger charge is 2.31. The molecule has 5 nitrogen and oxygen atoms in total. The molecule has 1 atom stereocenters. The standard InChI is InChI=1S/C20H18ClN3O2/c21-17-10-4-1-6-13(17)12-14-7-5-11-24(14)20(26)18-15-8-2-3-9-16(15)19(25)23-22-18/h1-4,6,8-10,14H,5,7,11-12H2,(H,23,25). The van der Waals surface area contributed by atoms with E-state index in [1.54, 1.807) is 18.2 Å². The van der Waals surface area contributed by atoms with Crippen LogP contribution in [0, 0.1) is 0 Å². The third-order valence-corrected chi connectivity index (χ3v) is 5.32. The van der Waals surface area contributed by atoms with Crippen LogP contribution < -0.4 is 5.56 Å². The summed E-state index contributed by atoms with van der Waals surface area (Å²) in [4.78, 5) is 27.0. The van der Waals surface area contributed by atoms with E-state index in [-0.39, 0.29) is 17.5 Å². The topological polar surface area (TPSA) is 66.1 Å². The Morgan fingerprint density at radius 2 is 1.88 bits per heavy atom. The number of amides is 1. The van der Waals surface area contributed by atoms with Gasteiger partial charge in [0.2, 0.25) is 0 Å². The van der Waals surface area contributed by atoms with Crippen LogP contribution in [-0.4, -0.2) is 33.6 Å². The van der Waals surface area contributed by atoms with Crippen molar-refractivity contribution in [3.8, 4) is 0 Å². The molecule has 0 radical (unpaired) electrons. The molecule has 1 saturated heterocycles. The Bertz CT molecular complexity index is 1030. The number of aromatic nitrogens is 2. The minimum Gasteiger partial charge on any atom is -0.334 e. The second-order valence-electron chi connectivity index (χ2n) is 6.54. The van der Waals surface area contributed by atoms with Crippen LogP contribution in [0.25, 0.3) is 10.8 Å². The summed E-state index contributed by atoms with van der Waals surface area (Å²) in [7, 11) is 0. The third kappa shape index (κ3) is 2.99. The Kier molecular flexibility index (Phi) is 4.47. The Balaban J connectivity index is 1.67. The lowest BCUT2D eigenvalue weighted by molar-refractivity contribution is 0.0731. The van der Waals surface area contributed by atoms with Gasteiger partial charge < -0.3 is 4.90 Å². The lowest BCUT2D eigenvalue weighted by atomic mass is 10.0. The maximum atomic E-state index is 13.2. The number of benzene rings is 2. The molecule has 3 aromatic rings. The van der Waals surface area contributed by atoms with E-state index in [0.29, 0.717) is 29.4 Å². The van der Waals surface area contributed by atoms with Crippen molar-refractivity contribution in [1.29, 1.82) is 0 Å². The lowest BCUT2D eigenvalue weighted by Gasteiger charge is -2.25. The van der Waals surface area contributed by atoms with Crippen molar-refractivity contribution >= 4 is 28.3 Å². The van der Waals surface area contributed by atoms with Crippen LogP contribution in [0.2, 0.25) is 5.02 Å². The van der Waals surface area contributed by atoms with E-state index in [4.69, 9.17) is 11.6 Å². The number of hydrogen-bond acceptors (Lipinski definition) is 3. The molecule has 0 spiro atoms. The fourth-order valence-corrected chi connectivity index (χ4v) is 3.86. The second kappa shape index (κ2) is 6.92. The number of halogens is 1. The Labute approximate surface area is 155 Å². The van der Waals surface area contributed by atoms with Crippen LogP contribution in [0.15, 0.2) is 53.3 Å². The maximum Gasteiger partial charge on any atom is 0.275 e. The molecule has 1 aliphatic rings. The summed E-state index contributed by atoms with van der Waals surface area (Å²) >= 11 is 6.29. The number of fused-ring (bicyclic) bond motifs is 1. The van der Waals surface area contributed by atoms with Crippen molar-refractivity contribution in [2.75, 3.05) is 6.54 Å². The molecule has 26 heavy (non-hydrogen) atoms. The van der Waals surface area contributed by atoms with Crippen molar-refractivity contribution in [2.24, 2.45) is 0 Å². The number of nitrogens with zero attached hydrogens (tertiary/aromatic N) is 2. The first kappa shape index (κ1) is 16.8. The average Bonchev–Trinajstić information content (AvgIpc) is 3.12. The molecule has 1 aliphatic heterocycles. The summed E-state index contributed by atoms with van der Waals surface area (Å²) in [5, 5.41) is 8.29. The van der Waals surface area contributed by atoms with Crippen molar-refractivity contribution in [3.63, 3.8) is 0 Å². The molecule has 1 unspecified atom stereocenters. The molecular weight excluding hydrogens is 350 g/mol. The molecule has 4 rings (SSSR count). The molecule has 0 saturated carbocycles. The van der Waals surface area contributed by atoms with Crippen LogP contribution in [-0.2, 0) is 6.42 Å². The van der Waals surface area contributed by atoms with Gasteiger partial charge in [-0.1, -0.05) is 48.0 Å². The van der Waals surface area contributed by atoms with Gasteiger partial charge in [-0.2, -0.15) is 5.10 Å². The molecule has 2 heterocycles. The first-order valence-electron chi connectivity index (χ1n) is 8.67. The van der Waals surface area contributed by atoms with Crippen LogP contribution in [0.3, 0.4) is 0 Å². The van der Waals surface area contributed by atoms with Gasteiger partial charge in [-0.25, -0.2) is 5.10 Å². The van der Waals surface area contributed by atoms with E-state index in [1.807, 2.05) is 35.2 Å². The van der Waals surface area contributed by atoms with E-state index in [9.17, 15) is 9.59 Å². The molecule has 132 valence electrons. The van der Waals surface area contributed by atoms with Crippen molar-refractivity contribution < 1.29 is 4.79 Å². The monoisotopic (exact) mass is 367 g/mol. The van der Waals surface area contributed by atoms with Crippen LogP contribution >= 0.6 is 11.6 Å². The zero-order chi connectivity index (χ0) is 18.1. The molecule has 1 N–H and O–H groups in total. The first-order valence-corrected chi connectivity index (χ1v) is 9.05. The molecule has 0 aliphatic carbocycles. The first-order chi connectivity index (χ1) is 12.6. The number of likely N-dealkylation sites (tertiary alicyclic amines) is 1. The van der Waals surface area contributed by atoms with E-state index in [0.717, 1.165) is 23.4 Å².